The molecule has 3 nitrogen and oxygen atoms in total. The molecular formula is C8H15N2O. The monoisotopic (exact) mass is 155 g/mol. The Kier molecular flexibility index (Phi) is 4.54. The first-order valence-electron chi connectivity index (χ1n) is 3.52. The Labute approximate surface area is 68.3 Å². The fraction of sp³-hybridized carbons (Fsp3) is 0.625. The van der Waals surface area contributed by atoms with E-state index in [0.29, 0.717) is 6.54 Å². The molecule has 0 aliphatic rings. The molecule has 1 amide bonds. The van der Waals surface area contributed by atoms with E-state index in [4.69, 9.17) is 6.58 Å². The van der Waals surface area contributed by atoms with Crippen molar-refractivity contribution in [2.75, 3.05) is 34.2 Å². The van der Waals surface area contributed by atoms with Gasteiger partial charge in [-0.1, -0.05) is 6.58 Å². The summed E-state index contributed by atoms with van der Waals surface area (Å²) in [7, 11) is 5.66. The molecule has 0 aromatic carbocycles. The van der Waals surface area contributed by atoms with Gasteiger partial charge in [0.25, 0.3) is 0 Å². The first-order valence-corrected chi connectivity index (χ1v) is 3.52. The molecule has 1 radical (unpaired) electrons. The first kappa shape index (κ1) is 10.2. The van der Waals surface area contributed by atoms with E-state index in [0.717, 1.165) is 12.6 Å². The molecule has 0 aromatic heterocycles. The zero-order chi connectivity index (χ0) is 8.85. The standard InChI is InChI=1S/C8H15N2O/c1-5-8(11)10(4)7-6-9(2)3/h1,5H,6-7H2,2-4H3. The molecule has 0 aliphatic heterocycles. The lowest BCUT2D eigenvalue weighted by molar-refractivity contribution is -0.124. The van der Waals surface area contributed by atoms with Gasteiger partial charge in [0.1, 0.15) is 0 Å². The van der Waals surface area contributed by atoms with Crippen LogP contribution in [0.2, 0.25) is 0 Å². The van der Waals surface area contributed by atoms with Crippen LogP contribution in [0.3, 0.4) is 0 Å². The molecular weight excluding hydrogens is 140 g/mol. The van der Waals surface area contributed by atoms with E-state index in [1.165, 1.54) is 0 Å². The summed E-state index contributed by atoms with van der Waals surface area (Å²) in [5, 5.41) is 0. The van der Waals surface area contributed by atoms with Gasteiger partial charge in [0, 0.05) is 26.2 Å². The quantitative estimate of drug-likeness (QED) is 0.533. The highest BCUT2D eigenvalue weighted by molar-refractivity contribution is 5.86. The topological polar surface area (TPSA) is 23.6 Å². The lowest BCUT2D eigenvalue weighted by Crippen LogP contribution is -2.32. The number of hydrogen-bond donors (Lipinski definition) is 0. The SMILES string of the molecule is [CH]=CC(=O)N(C)CCN(C)C. The van der Waals surface area contributed by atoms with Gasteiger partial charge in [0.15, 0.2) is 0 Å². The summed E-state index contributed by atoms with van der Waals surface area (Å²) >= 11 is 0. The van der Waals surface area contributed by atoms with Crippen LogP contribution in [0, 0.1) is 6.58 Å². The molecule has 0 heterocycles. The summed E-state index contributed by atoms with van der Waals surface area (Å²) in [5.41, 5.74) is 0. The highest BCUT2D eigenvalue weighted by Gasteiger charge is 2.02. The normalized spacial score (nSPS) is 9.82. The van der Waals surface area contributed by atoms with Crippen LogP contribution in [0.1, 0.15) is 0 Å². The van der Waals surface area contributed by atoms with Gasteiger partial charge >= 0.3 is 0 Å². The number of carbonyl (C=O) groups excluding carboxylic acids is 1. The Morgan fingerprint density at radius 3 is 2.27 bits per heavy atom. The van der Waals surface area contributed by atoms with Crippen LogP contribution >= 0.6 is 0 Å². The van der Waals surface area contributed by atoms with Gasteiger partial charge in [-0.2, -0.15) is 0 Å². The lowest BCUT2D eigenvalue weighted by atomic mass is 10.4. The predicted octanol–water partition coefficient (Wildman–Crippen LogP) is -0.00441. The predicted molar refractivity (Wildman–Crippen MR) is 45.1 cm³/mol. The molecule has 0 aliphatic carbocycles. The fourth-order valence-electron chi connectivity index (χ4n) is 0.587. The van der Waals surface area contributed by atoms with Crippen molar-refractivity contribution >= 4 is 5.91 Å². The van der Waals surface area contributed by atoms with E-state index in [-0.39, 0.29) is 5.91 Å². The van der Waals surface area contributed by atoms with E-state index in [2.05, 4.69) is 0 Å². The second-order valence-electron chi connectivity index (χ2n) is 2.73. The molecule has 0 rings (SSSR count). The van der Waals surface area contributed by atoms with Crippen LogP contribution in [0.15, 0.2) is 6.08 Å². The van der Waals surface area contributed by atoms with Crippen molar-refractivity contribution in [3.63, 3.8) is 0 Å². The van der Waals surface area contributed by atoms with Gasteiger partial charge in [-0.25, -0.2) is 0 Å². The highest BCUT2D eigenvalue weighted by atomic mass is 16.2. The van der Waals surface area contributed by atoms with Crippen LogP contribution in [0.4, 0.5) is 0 Å². The molecule has 0 aromatic rings. The number of carbonyl (C=O) groups is 1. The highest BCUT2D eigenvalue weighted by Crippen LogP contribution is 1.85. The Hall–Kier alpha value is -0.830. The molecule has 0 saturated heterocycles. The largest absolute Gasteiger partial charge is 0.341 e. The van der Waals surface area contributed by atoms with E-state index in [1.807, 2.05) is 19.0 Å². The van der Waals surface area contributed by atoms with Crippen molar-refractivity contribution < 1.29 is 4.79 Å². The Morgan fingerprint density at radius 2 is 1.91 bits per heavy atom. The van der Waals surface area contributed by atoms with Crippen LogP contribution in [-0.4, -0.2) is 49.9 Å². The minimum atomic E-state index is -0.133. The average molecular weight is 155 g/mol. The maximum atomic E-state index is 10.9. The van der Waals surface area contributed by atoms with Crippen molar-refractivity contribution in [3.8, 4) is 0 Å². The Balaban J connectivity index is 3.60. The van der Waals surface area contributed by atoms with E-state index < -0.39 is 0 Å². The van der Waals surface area contributed by atoms with Crippen molar-refractivity contribution in [2.24, 2.45) is 0 Å². The second kappa shape index (κ2) is 4.91. The molecule has 0 fully saturated rings. The van der Waals surface area contributed by atoms with Crippen LogP contribution in [0.5, 0.6) is 0 Å². The molecule has 0 N–H and O–H groups in total. The summed E-state index contributed by atoms with van der Waals surface area (Å²) < 4.78 is 0. The summed E-state index contributed by atoms with van der Waals surface area (Å²) in [5.74, 6) is -0.133. The van der Waals surface area contributed by atoms with E-state index in [9.17, 15) is 4.79 Å². The third kappa shape index (κ3) is 4.56. The molecule has 0 unspecified atom stereocenters. The minimum absolute atomic E-state index is 0.133. The van der Waals surface area contributed by atoms with Crippen molar-refractivity contribution in [1.29, 1.82) is 0 Å². The Morgan fingerprint density at radius 1 is 1.36 bits per heavy atom. The molecule has 11 heavy (non-hydrogen) atoms. The van der Waals surface area contributed by atoms with Gasteiger partial charge in [-0.05, 0) is 14.1 Å². The van der Waals surface area contributed by atoms with Gasteiger partial charge in [-0.15, -0.1) is 0 Å². The van der Waals surface area contributed by atoms with Crippen molar-refractivity contribution in [2.45, 2.75) is 0 Å². The first-order chi connectivity index (χ1) is 5.07. The summed E-state index contributed by atoms with van der Waals surface area (Å²) in [6.45, 7) is 6.61. The average Bonchev–Trinajstić information content (AvgIpc) is 1.98. The number of hydrogen-bond acceptors (Lipinski definition) is 2. The smallest absolute Gasteiger partial charge is 0.246 e. The van der Waals surface area contributed by atoms with E-state index >= 15 is 0 Å². The Bertz CT molecular complexity index is 143. The van der Waals surface area contributed by atoms with Crippen LogP contribution < -0.4 is 0 Å². The van der Waals surface area contributed by atoms with Gasteiger partial charge in [0.05, 0.1) is 0 Å². The number of amides is 1. The van der Waals surface area contributed by atoms with Crippen LogP contribution in [0.25, 0.3) is 0 Å². The van der Waals surface area contributed by atoms with Gasteiger partial charge in [0.2, 0.25) is 5.91 Å². The van der Waals surface area contributed by atoms with Crippen molar-refractivity contribution in [3.05, 3.63) is 12.7 Å². The lowest BCUT2D eigenvalue weighted by Gasteiger charge is -2.17. The summed E-state index contributed by atoms with van der Waals surface area (Å²) in [4.78, 5) is 14.4. The van der Waals surface area contributed by atoms with Gasteiger partial charge < -0.3 is 9.80 Å². The maximum Gasteiger partial charge on any atom is 0.246 e. The fourth-order valence-corrected chi connectivity index (χ4v) is 0.587. The molecule has 3 heteroatoms. The minimum Gasteiger partial charge on any atom is -0.341 e. The second-order valence-corrected chi connectivity index (χ2v) is 2.73. The van der Waals surface area contributed by atoms with Gasteiger partial charge in [-0.3, -0.25) is 4.79 Å². The van der Waals surface area contributed by atoms with Crippen LogP contribution in [-0.2, 0) is 4.79 Å². The number of likely N-dealkylation sites (N-methyl/N-ethyl adjacent to an activating group) is 2. The molecule has 0 spiro atoms. The molecule has 63 valence electrons. The number of nitrogens with zero attached hydrogens (tertiary/aromatic N) is 2. The molecule has 0 atom stereocenters. The summed E-state index contributed by atoms with van der Waals surface area (Å²) in [6, 6.07) is 0. The molecule has 0 saturated carbocycles. The zero-order valence-electron chi connectivity index (χ0n) is 7.37. The molecule has 0 bridgehead atoms. The van der Waals surface area contributed by atoms with Crippen molar-refractivity contribution in [1.82, 2.24) is 9.80 Å². The third-order valence-electron chi connectivity index (χ3n) is 1.40. The van der Waals surface area contributed by atoms with E-state index in [1.54, 1.807) is 11.9 Å². The summed E-state index contributed by atoms with van der Waals surface area (Å²) in [6.07, 6.45) is 1.08. The maximum absolute atomic E-state index is 10.9. The zero-order valence-corrected chi connectivity index (χ0v) is 7.37. The number of rotatable bonds is 4. The third-order valence-corrected chi connectivity index (χ3v) is 1.40.